The van der Waals surface area contributed by atoms with Gasteiger partial charge in [0.1, 0.15) is 17.2 Å². The van der Waals surface area contributed by atoms with E-state index in [-0.39, 0.29) is 5.92 Å². The molecule has 1 fully saturated rings. The number of hydrogen-bond donors (Lipinski definition) is 1. The fourth-order valence-electron chi connectivity index (χ4n) is 3.59. The van der Waals surface area contributed by atoms with Gasteiger partial charge < -0.3 is 4.42 Å². The van der Waals surface area contributed by atoms with Crippen molar-refractivity contribution in [3.63, 3.8) is 0 Å². The summed E-state index contributed by atoms with van der Waals surface area (Å²) in [7, 11) is -4.08. The summed E-state index contributed by atoms with van der Waals surface area (Å²) in [5.74, 6) is 0.504. The molecule has 2 atom stereocenters. The summed E-state index contributed by atoms with van der Waals surface area (Å²) >= 11 is 0. The number of nitrogens with zero attached hydrogens (tertiary/aromatic N) is 1. The minimum Gasteiger partial charge on any atom is -0.445 e. The van der Waals surface area contributed by atoms with Gasteiger partial charge in [-0.25, -0.2) is 22.9 Å². The normalized spacial score (nSPS) is 30.0. The van der Waals surface area contributed by atoms with Crippen LogP contribution in [0.2, 0.25) is 0 Å². The van der Waals surface area contributed by atoms with Crippen LogP contribution in [0.3, 0.4) is 0 Å². The number of rotatable bonds is 3. The van der Waals surface area contributed by atoms with E-state index in [1.54, 1.807) is 0 Å². The number of primary sulfonamides is 1. The number of allylic oxidation sites excluding steroid dienone is 3. The van der Waals surface area contributed by atoms with Crippen molar-refractivity contribution in [2.24, 2.45) is 11.1 Å². The molecule has 0 bridgehead atoms. The highest BCUT2D eigenvalue weighted by Gasteiger charge is 2.44. The summed E-state index contributed by atoms with van der Waals surface area (Å²) in [6.45, 7) is 1.26. The van der Waals surface area contributed by atoms with Gasteiger partial charge in [-0.3, -0.25) is 0 Å². The first-order valence-corrected chi connectivity index (χ1v) is 9.45. The van der Waals surface area contributed by atoms with Gasteiger partial charge in [-0.05, 0) is 43.4 Å². The second-order valence-electron chi connectivity index (χ2n) is 6.51. The summed E-state index contributed by atoms with van der Waals surface area (Å²) in [6, 6.07) is 0. The third kappa shape index (κ3) is 3.26. The highest BCUT2D eigenvalue weighted by atomic mass is 32.2. The second kappa shape index (κ2) is 5.87. The largest absolute Gasteiger partial charge is 0.445 e. The molecule has 0 radical (unpaired) electrons. The van der Waals surface area contributed by atoms with Crippen LogP contribution in [-0.2, 0) is 10.0 Å². The van der Waals surface area contributed by atoms with E-state index in [4.69, 9.17) is 9.56 Å². The smallest absolute Gasteiger partial charge is 0.225 e. The number of hydrogen-bond acceptors (Lipinski definition) is 4. The summed E-state index contributed by atoms with van der Waals surface area (Å²) in [5.41, 5.74) is -0.704. The molecule has 3 rings (SSSR count). The van der Waals surface area contributed by atoms with Crippen LogP contribution in [0, 0.1) is 5.92 Å². The van der Waals surface area contributed by atoms with Crippen LogP contribution in [0.25, 0.3) is 5.57 Å². The van der Waals surface area contributed by atoms with Crippen molar-refractivity contribution in [1.29, 1.82) is 0 Å². The lowest BCUT2D eigenvalue weighted by Crippen LogP contribution is -2.44. The highest BCUT2D eigenvalue weighted by Crippen LogP contribution is 2.43. The van der Waals surface area contributed by atoms with Crippen LogP contribution >= 0.6 is 0 Å². The van der Waals surface area contributed by atoms with Crippen LogP contribution in [0.15, 0.2) is 34.6 Å². The zero-order valence-electron chi connectivity index (χ0n) is 13.0. The lowest BCUT2D eigenvalue weighted by atomic mass is 9.76. The Morgan fingerprint density at radius 2 is 2.04 bits per heavy atom. The lowest BCUT2D eigenvalue weighted by Gasteiger charge is -2.34. The van der Waals surface area contributed by atoms with Crippen LogP contribution in [0.4, 0.5) is 4.39 Å². The molecule has 0 spiro atoms. The summed E-state index contributed by atoms with van der Waals surface area (Å²) < 4.78 is 44.0. The molecule has 0 amide bonds. The minimum absolute atomic E-state index is 0.193. The van der Waals surface area contributed by atoms with E-state index in [1.165, 1.54) is 38.0 Å². The maximum atomic E-state index is 15.0. The summed E-state index contributed by atoms with van der Waals surface area (Å²) in [5, 5.41) is 3.79. The maximum absolute atomic E-state index is 15.0. The lowest BCUT2D eigenvalue weighted by molar-refractivity contribution is 0.256. The molecule has 0 saturated heterocycles. The van der Waals surface area contributed by atoms with E-state index >= 15 is 4.39 Å². The van der Waals surface area contributed by atoms with Crippen molar-refractivity contribution in [3.05, 3.63) is 36.1 Å². The van der Waals surface area contributed by atoms with E-state index in [9.17, 15) is 8.42 Å². The fraction of sp³-hybridized carbons (Fsp3) is 0.562. The van der Waals surface area contributed by atoms with E-state index in [2.05, 4.69) is 4.98 Å². The van der Waals surface area contributed by atoms with Crippen molar-refractivity contribution in [2.75, 3.05) is 0 Å². The molecule has 7 heteroatoms. The zero-order chi connectivity index (χ0) is 16.7. The standard InChI is InChI=1S/C16H21FN2O3S/c1-16(17)10-13(11-5-3-2-4-6-11)12(15-19-7-8-22-15)9-14(16)23(18,20)21/h7-11,14H,2-6H2,1H3,(H2,18,20,21). The minimum atomic E-state index is -4.08. The first-order chi connectivity index (χ1) is 10.8. The van der Waals surface area contributed by atoms with Crippen molar-refractivity contribution in [1.82, 2.24) is 4.98 Å². The van der Waals surface area contributed by atoms with Gasteiger partial charge in [0, 0.05) is 5.57 Å². The van der Waals surface area contributed by atoms with Crippen LogP contribution in [0.5, 0.6) is 0 Å². The van der Waals surface area contributed by atoms with Gasteiger partial charge in [0.2, 0.25) is 15.9 Å². The average Bonchev–Trinajstić information content (AvgIpc) is 3.00. The predicted molar refractivity (Wildman–Crippen MR) is 85.5 cm³/mol. The quantitative estimate of drug-likeness (QED) is 0.916. The molecule has 1 aromatic rings. The average molecular weight is 340 g/mol. The van der Waals surface area contributed by atoms with E-state index in [0.717, 1.165) is 31.3 Å². The molecule has 2 aliphatic carbocycles. The highest BCUT2D eigenvalue weighted by molar-refractivity contribution is 7.90. The molecule has 1 aromatic heterocycles. The van der Waals surface area contributed by atoms with E-state index < -0.39 is 20.9 Å². The molecule has 126 valence electrons. The number of aromatic nitrogens is 1. The van der Waals surface area contributed by atoms with Crippen molar-refractivity contribution >= 4 is 15.6 Å². The SMILES string of the molecule is CC1(F)C=C(C2CCCCC2)C(c2ncco2)=CC1S(N)(=O)=O. The Balaban J connectivity index is 2.09. The number of nitrogens with two attached hydrogens (primary N) is 1. The number of alkyl halides is 1. The van der Waals surface area contributed by atoms with Gasteiger partial charge in [0.15, 0.2) is 0 Å². The number of oxazole rings is 1. The first-order valence-electron chi connectivity index (χ1n) is 7.84. The maximum Gasteiger partial charge on any atom is 0.225 e. The number of halogens is 1. The predicted octanol–water partition coefficient (Wildman–Crippen LogP) is 2.96. The van der Waals surface area contributed by atoms with Gasteiger partial charge in [-0.2, -0.15) is 0 Å². The van der Waals surface area contributed by atoms with Crippen LogP contribution < -0.4 is 5.14 Å². The van der Waals surface area contributed by atoms with Gasteiger partial charge >= 0.3 is 0 Å². The third-order valence-corrected chi connectivity index (χ3v) is 5.99. The Bertz CT molecular complexity index is 729. The Hall–Kier alpha value is -1.47. The monoisotopic (exact) mass is 340 g/mol. The topological polar surface area (TPSA) is 86.2 Å². The molecule has 2 N–H and O–H groups in total. The Morgan fingerprint density at radius 1 is 1.35 bits per heavy atom. The molecule has 5 nitrogen and oxygen atoms in total. The molecule has 2 unspecified atom stereocenters. The van der Waals surface area contributed by atoms with Crippen LogP contribution in [-0.4, -0.2) is 24.3 Å². The number of sulfonamides is 1. The molecule has 0 aliphatic heterocycles. The van der Waals surface area contributed by atoms with E-state index in [0.29, 0.717) is 11.5 Å². The van der Waals surface area contributed by atoms with Gasteiger partial charge in [-0.15, -0.1) is 0 Å². The van der Waals surface area contributed by atoms with Gasteiger partial charge in [0.05, 0.1) is 6.20 Å². The Morgan fingerprint density at radius 3 is 2.61 bits per heavy atom. The van der Waals surface area contributed by atoms with E-state index in [1.807, 2.05) is 0 Å². The molecule has 23 heavy (non-hydrogen) atoms. The molecular weight excluding hydrogens is 319 g/mol. The Labute approximate surface area is 135 Å². The van der Waals surface area contributed by atoms with Crippen LogP contribution in [0.1, 0.15) is 44.9 Å². The Kier molecular flexibility index (Phi) is 4.18. The van der Waals surface area contributed by atoms with Crippen molar-refractivity contribution in [2.45, 2.75) is 49.9 Å². The fourth-order valence-corrected chi connectivity index (χ4v) is 4.63. The van der Waals surface area contributed by atoms with Gasteiger partial charge in [0.25, 0.3) is 0 Å². The molecule has 0 aromatic carbocycles. The molecule has 1 heterocycles. The summed E-state index contributed by atoms with van der Waals surface area (Å²) in [6.07, 6.45) is 11.0. The zero-order valence-corrected chi connectivity index (χ0v) is 13.9. The second-order valence-corrected chi connectivity index (χ2v) is 8.20. The molecule has 2 aliphatic rings. The molecule has 1 saturated carbocycles. The summed E-state index contributed by atoms with van der Waals surface area (Å²) in [4.78, 5) is 4.12. The van der Waals surface area contributed by atoms with Crippen molar-refractivity contribution < 1.29 is 17.2 Å². The van der Waals surface area contributed by atoms with Crippen molar-refractivity contribution in [3.8, 4) is 0 Å². The molecular formula is C16H21FN2O3S. The first kappa shape index (κ1) is 16.4. The third-order valence-electron chi connectivity index (χ3n) is 4.68. The van der Waals surface area contributed by atoms with Gasteiger partial charge in [-0.1, -0.05) is 19.3 Å².